The van der Waals surface area contributed by atoms with E-state index in [2.05, 4.69) is 18.3 Å². The van der Waals surface area contributed by atoms with Crippen LogP contribution in [0.2, 0.25) is 0 Å². The Hall–Kier alpha value is -1.73. The van der Waals surface area contributed by atoms with Crippen molar-refractivity contribution in [1.29, 1.82) is 5.26 Å². The average Bonchev–Trinajstić information content (AvgIpc) is 2.28. The molecule has 0 aliphatic heterocycles. The zero-order valence-corrected chi connectivity index (χ0v) is 9.66. The number of benzene rings is 1. The van der Waals surface area contributed by atoms with E-state index in [9.17, 15) is 0 Å². The van der Waals surface area contributed by atoms with Gasteiger partial charge in [0.25, 0.3) is 0 Å². The quantitative estimate of drug-likeness (QED) is 0.741. The molecule has 0 aromatic heterocycles. The fourth-order valence-electron chi connectivity index (χ4n) is 1.44. The molecule has 0 saturated carbocycles. The van der Waals surface area contributed by atoms with Crippen LogP contribution in [0.15, 0.2) is 18.2 Å². The van der Waals surface area contributed by atoms with Gasteiger partial charge in [0, 0.05) is 13.7 Å². The summed E-state index contributed by atoms with van der Waals surface area (Å²) in [6, 6.07) is 7.45. The van der Waals surface area contributed by atoms with E-state index < -0.39 is 0 Å². The number of rotatable bonds is 5. The zero-order valence-electron chi connectivity index (χ0n) is 9.66. The van der Waals surface area contributed by atoms with Crippen molar-refractivity contribution in [2.24, 2.45) is 5.92 Å². The van der Waals surface area contributed by atoms with Gasteiger partial charge in [-0.2, -0.15) is 5.26 Å². The van der Waals surface area contributed by atoms with Gasteiger partial charge in [-0.05, 0) is 18.1 Å². The molecule has 1 atom stereocenters. The highest BCUT2D eigenvalue weighted by Crippen LogP contribution is 2.22. The topological polar surface area (TPSA) is 71.1 Å². The third kappa shape index (κ3) is 3.14. The first kappa shape index (κ1) is 12.3. The first-order valence-corrected chi connectivity index (χ1v) is 5.20. The Bertz CT molecular complexity index is 384. The Morgan fingerprint density at radius 1 is 1.56 bits per heavy atom. The summed E-state index contributed by atoms with van der Waals surface area (Å²) >= 11 is 0. The number of nitrogens with two attached hydrogens (primary N) is 1. The summed E-state index contributed by atoms with van der Waals surface area (Å²) < 4.78 is 5.04. The number of nitrogens with zero attached hydrogens (tertiary/aromatic N) is 1. The molecule has 4 heteroatoms. The Labute approximate surface area is 96.0 Å². The molecular weight excluding hydrogens is 202 g/mol. The van der Waals surface area contributed by atoms with E-state index in [1.54, 1.807) is 13.2 Å². The summed E-state index contributed by atoms with van der Waals surface area (Å²) in [6.45, 7) is 3.55. The lowest BCUT2D eigenvalue weighted by Crippen LogP contribution is -2.16. The Kier molecular flexibility index (Phi) is 4.62. The van der Waals surface area contributed by atoms with Crippen molar-refractivity contribution >= 4 is 11.4 Å². The van der Waals surface area contributed by atoms with Crippen LogP contribution in [0.3, 0.4) is 0 Å². The van der Waals surface area contributed by atoms with Gasteiger partial charge in [0.05, 0.1) is 23.5 Å². The molecule has 86 valence electrons. The number of nitriles is 1. The summed E-state index contributed by atoms with van der Waals surface area (Å²) in [5.41, 5.74) is 7.66. The number of hydrogen-bond donors (Lipinski definition) is 2. The number of hydrogen-bond acceptors (Lipinski definition) is 4. The van der Waals surface area contributed by atoms with Gasteiger partial charge in [-0.15, -0.1) is 0 Å². The third-order valence-electron chi connectivity index (χ3n) is 2.32. The standard InChI is InChI=1S/C12H17N3O/c1-9(8-16-2)7-15-11-5-3-4-10(6-13)12(11)14/h3-5,9,15H,7-8,14H2,1-2H3. The zero-order chi connectivity index (χ0) is 12.0. The number of para-hydroxylation sites is 1. The van der Waals surface area contributed by atoms with Crippen molar-refractivity contribution in [3.05, 3.63) is 23.8 Å². The molecule has 0 saturated heterocycles. The molecule has 1 unspecified atom stereocenters. The molecule has 0 fully saturated rings. The van der Waals surface area contributed by atoms with Crippen LogP contribution >= 0.6 is 0 Å². The Balaban J connectivity index is 2.64. The maximum absolute atomic E-state index is 8.83. The summed E-state index contributed by atoms with van der Waals surface area (Å²) in [5.74, 6) is 0.398. The van der Waals surface area contributed by atoms with Crippen LogP contribution in [-0.2, 0) is 4.74 Å². The van der Waals surface area contributed by atoms with Crippen molar-refractivity contribution in [3.8, 4) is 6.07 Å². The van der Waals surface area contributed by atoms with E-state index in [4.69, 9.17) is 15.7 Å². The highest BCUT2D eigenvalue weighted by atomic mass is 16.5. The molecule has 0 amide bonds. The van der Waals surface area contributed by atoms with Crippen molar-refractivity contribution in [2.45, 2.75) is 6.92 Å². The van der Waals surface area contributed by atoms with Crippen LogP contribution < -0.4 is 11.1 Å². The third-order valence-corrected chi connectivity index (χ3v) is 2.32. The molecule has 1 aromatic rings. The monoisotopic (exact) mass is 219 g/mol. The second-order valence-electron chi connectivity index (χ2n) is 3.82. The Morgan fingerprint density at radius 2 is 2.31 bits per heavy atom. The van der Waals surface area contributed by atoms with Crippen LogP contribution in [0.25, 0.3) is 0 Å². The number of nitrogen functional groups attached to an aromatic ring is 1. The van der Waals surface area contributed by atoms with E-state index in [-0.39, 0.29) is 0 Å². The van der Waals surface area contributed by atoms with Gasteiger partial charge in [-0.3, -0.25) is 0 Å². The highest BCUT2D eigenvalue weighted by Gasteiger charge is 2.05. The average molecular weight is 219 g/mol. The highest BCUT2D eigenvalue weighted by molar-refractivity contribution is 5.72. The smallest absolute Gasteiger partial charge is 0.101 e. The molecule has 1 aromatic carbocycles. The van der Waals surface area contributed by atoms with Gasteiger partial charge in [0.15, 0.2) is 0 Å². The van der Waals surface area contributed by atoms with Gasteiger partial charge < -0.3 is 15.8 Å². The molecule has 0 aliphatic carbocycles. The fraction of sp³-hybridized carbons (Fsp3) is 0.417. The van der Waals surface area contributed by atoms with Gasteiger partial charge in [-0.1, -0.05) is 13.0 Å². The first-order valence-electron chi connectivity index (χ1n) is 5.20. The summed E-state index contributed by atoms with van der Waals surface area (Å²) in [6.07, 6.45) is 0. The van der Waals surface area contributed by atoms with Crippen LogP contribution in [0.1, 0.15) is 12.5 Å². The van der Waals surface area contributed by atoms with Crippen molar-refractivity contribution in [3.63, 3.8) is 0 Å². The maximum atomic E-state index is 8.83. The van der Waals surface area contributed by atoms with E-state index in [0.717, 1.165) is 12.2 Å². The number of ether oxygens (including phenoxy) is 1. The first-order chi connectivity index (χ1) is 7.69. The minimum absolute atomic E-state index is 0.398. The lowest BCUT2D eigenvalue weighted by atomic mass is 10.1. The van der Waals surface area contributed by atoms with E-state index >= 15 is 0 Å². The molecule has 0 bridgehead atoms. The molecular formula is C12H17N3O. The predicted molar refractivity (Wildman–Crippen MR) is 65.1 cm³/mol. The molecule has 16 heavy (non-hydrogen) atoms. The second kappa shape index (κ2) is 5.99. The molecule has 0 heterocycles. The van der Waals surface area contributed by atoms with Crippen LogP contribution in [0, 0.1) is 17.2 Å². The molecule has 0 spiro atoms. The Morgan fingerprint density at radius 3 is 2.94 bits per heavy atom. The van der Waals surface area contributed by atoms with Gasteiger partial charge in [0.1, 0.15) is 6.07 Å². The minimum atomic E-state index is 0.398. The summed E-state index contributed by atoms with van der Waals surface area (Å²) in [4.78, 5) is 0. The van der Waals surface area contributed by atoms with Gasteiger partial charge >= 0.3 is 0 Å². The molecule has 1 rings (SSSR count). The van der Waals surface area contributed by atoms with Gasteiger partial charge in [-0.25, -0.2) is 0 Å². The lowest BCUT2D eigenvalue weighted by molar-refractivity contribution is 0.164. The maximum Gasteiger partial charge on any atom is 0.101 e. The van der Waals surface area contributed by atoms with Crippen LogP contribution in [-0.4, -0.2) is 20.3 Å². The number of anilines is 2. The van der Waals surface area contributed by atoms with Crippen molar-refractivity contribution in [2.75, 3.05) is 31.3 Å². The van der Waals surface area contributed by atoms with E-state index in [1.165, 1.54) is 0 Å². The summed E-state index contributed by atoms with van der Waals surface area (Å²) in [7, 11) is 1.68. The largest absolute Gasteiger partial charge is 0.396 e. The normalized spacial score (nSPS) is 11.8. The number of methoxy groups -OCH3 is 1. The van der Waals surface area contributed by atoms with Crippen LogP contribution in [0.4, 0.5) is 11.4 Å². The summed E-state index contributed by atoms with van der Waals surface area (Å²) in [5, 5.41) is 12.0. The lowest BCUT2D eigenvalue weighted by Gasteiger charge is -2.14. The second-order valence-corrected chi connectivity index (χ2v) is 3.82. The van der Waals surface area contributed by atoms with Crippen molar-refractivity contribution < 1.29 is 4.74 Å². The van der Waals surface area contributed by atoms with E-state index in [1.807, 2.05) is 12.1 Å². The number of nitrogens with one attached hydrogen (secondary N) is 1. The van der Waals surface area contributed by atoms with Crippen molar-refractivity contribution in [1.82, 2.24) is 0 Å². The predicted octanol–water partition coefficient (Wildman–Crippen LogP) is 1.83. The minimum Gasteiger partial charge on any atom is -0.396 e. The molecule has 0 aliphatic rings. The van der Waals surface area contributed by atoms with Crippen LogP contribution in [0.5, 0.6) is 0 Å². The fourth-order valence-corrected chi connectivity index (χ4v) is 1.44. The molecule has 4 nitrogen and oxygen atoms in total. The molecule has 0 radical (unpaired) electrons. The molecule has 3 N–H and O–H groups in total. The SMILES string of the molecule is COCC(C)CNc1cccc(C#N)c1N. The van der Waals surface area contributed by atoms with Gasteiger partial charge in [0.2, 0.25) is 0 Å². The van der Waals surface area contributed by atoms with E-state index in [0.29, 0.717) is 23.8 Å².